The highest BCUT2D eigenvalue weighted by molar-refractivity contribution is 5.39. The smallest absolute Gasteiger partial charge is 0.231 e. The van der Waals surface area contributed by atoms with Crippen molar-refractivity contribution in [3.63, 3.8) is 0 Å². The zero-order valence-corrected chi connectivity index (χ0v) is 10.4. The summed E-state index contributed by atoms with van der Waals surface area (Å²) < 4.78 is 5.36. The van der Waals surface area contributed by atoms with Crippen molar-refractivity contribution in [3.05, 3.63) is 47.6 Å². The summed E-state index contributed by atoms with van der Waals surface area (Å²) in [6.07, 6.45) is 3.00. The molecule has 0 N–H and O–H groups in total. The van der Waals surface area contributed by atoms with Gasteiger partial charge in [0.25, 0.3) is 0 Å². The summed E-state index contributed by atoms with van der Waals surface area (Å²) in [5.74, 6) is 1.67. The maximum absolute atomic E-state index is 8.85. The molecule has 1 aromatic carbocycles. The monoisotopic (exact) mass is 251 g/mol. The van der Waals surface area contributed by atoms with E-state index in [4.69, 9.17) is 9.78 Å². The number of hydrogen-bond donors (Lipinski definition) is 0. The van der Waals surface area contributed by atoms with Crippen molar-refractivity contribution in [2.45, 2.75) is 30.6 Å². The lowest BCUT2D eigenvalue weighted by atomic mass is 9.95. The first-order valence-electron chi connectivity index (χ1n) is 6.63. The molecule has 2 atom stereocenters. The van der Waals surface area contributed by atoms with Crippen LogP contribution in [0.2, 0.25) is 0 Å². The molecule has 2 saturated carbocycles. The molecule has 2 unspecified atom stereocenters. The average molecular weight is 251 g/mol. The quantitative estimate of drug-likeness (QED) is 0.841. The van der Waals surface area contributed by atoms with Gasteiger partial charge in [-0.15, -0.1) is 0 Å². The molecule has 19 heavy (non-hydrogen) atoms. The molecule has 2 fully saturated rings. The fraction of sp³-hybridized carbons (Fsp3) is 0.400. The molecule has 0 saturated heterocycles. The van der Waals surface area contributed by atoms with Gasteiger partial charge in [0.05, 0.1) is 23.3 Å². The molecule has 0 spiro atoms. The number of hydrogen-bond acceptors (Lipinski definition) is 4. The standard InChI is InChI=1S/C15H13N3O/c16-9-10-8-12(10)13-17-14(18-19-13)15(6-7-15)11-4-2-1-3-5-11/h1-5,10,12H,6-8H2. The summed E-state index contributed by atoms with van der Waals surface area (Å²) in [5.41, 5.74) is 1.22. The van der Waals surface area contributed by atoms with E-state index >= 15 is 0 Å². The predicted molar refractivity (Wildman–Crippen MR) is 67.2 cm³/mol. The van der Waals surface area contributed by atoms with Crippen molar-refractivity contribution < 1.29 is 4.52 Å². The van der Waals surface area contributed by atoms with Crippen molar-refractivity contribution >= 4 is 0 Å². The molecule has 94 valence electrons. The third-order valence-corrected chi connectivity index (χ3v) is 4.22. The van der Waals surface area contributed by atoms with Crippen molar-refractivity contribution in [1.29, 1.82) is 5.26 Å². The molecule has 2 aliphatic carbocycles. The molecule has 0 amide bonds. The fourth-order valence-electron chi connectivity index (χ4n) is 2.71. The van der Waals surface area contributed by atoms with E-state index in [1.807, 2.05) is 18.2 Å². The van der Waals surface area contributed by atoms with Crippen LogP contribution in [0.4, 0.5) is 0 Å². The van der Waals surface area contributed by atoms with E-state index < -0.39 is 0 Å². The van der Waals surface area contributed by atoms with Crippen LogP contribution < -0.4 is 0 Å². The molecular formula is C15H13N3O. The van der Waals surface area contributed by atoms with Gasteiger partial charge in [0.2, 0.25) is 5.89 Å². The molecule has 4 heteroatoms. The van der Waals surface area contributed by atoms with Gasteiger partial charge in [0, 0.05) is 0 Å². The Morgan fingerprint density at radius 2 is 2.05 bits per heavy atom. The Labute approximate surface area is 111 Å². The first kappa shape index (κ1) is 10.7. The first-order chi connectivity index (χ1) is 9.33. The van der Waals surface area contributed by atoms with E-state index in [2.05, 4.69) is 28.3 Å². The highest BCUT2D eigenvalue weighted by atomic mass is 16.5. The van der Waals surface area contributed by atoms with Gasteiger partial charge in [0.15, 0.2) is 5.82 Å². The van der Waals surface area contributed by atoms with E-state index in [1.165, 1.54) is 5.56 Å². The minimum absolute atomic E-state index is 0.0416. The van der Waals surface area contributed by atoms with E-state index in [-0.39, 0.29) is 17.3 Å². The third kappa shape index (κ3) is 1.58. The number of nitriles is 1. The van der Waals surface area contributed by atoms with Crippen LogP contribution >= 0.6 is 0 Å². The highest BCUT2D eigenvalue weighted by Gasteiger charge is 2.51. The van der Waals surface area contributed by atoms with Crippen LogP contribution in [-0.2, 0) is 5.41 Å². The van der Waals surface area contributed by atoms with Gasteiger partial charge in [-0.2, -0.15) is 10.2 Å². The van der Waals surface area contributed by atoms with Crippen molar-refractivity contribution in [2.24, 2.45) is 5.92 Å². The number of benzene rings is 1. The molecule has 4 nitrogen and oxygen atoms in total. The second-order valence-electron chi connectivity index (χ2n) is 5.48. The van der Waals surface area contributed by atoms with Gasteiger partial charge in [-0.1, -0.05) is 35.5 Å². The second-order valence-corrected chi connectivity index (χ2v) is 5.48. The highest BCUT2D eigenvalue weighted by Crippen LogP contribution is 2.53. The molecular weight excluding hydrogens is 238 g/mol. The van der Waals surface area contributed by atoms with Crippen molar-refractivity contribution in [1.82, 2.24) is 10.1 Å². The van der Waals surface area contributed by atoms with Crippen LogP contribution in [0.1, 0.15) is 42.5 Å². The van der Waals surface area contributed by atoms with E-state index in [0.29, 0.717) is 5.89 Å². The zero-order valence-electron chi connectivity index (χ0n) is 10.4. The predicted octanol–water partition coefficient (Wildman–Crippen LogP) is 2.78. The van der Waals surface area contributed by atoms with Crippen LogP contribution in [0.3, 0.4) is 0 Å². The van der Waals surface area contributed by atoms with Crippen LogP contribution in [0.25, 0.3) is 0 Å². The Kier molecular flexibility index (Phi) is 2.08. The molecule has 4 rings (SSSR count). The Bertz CT molecular complexity index is 652. The summed E-state index contributed by atoms with van der Waals surface area (Å²) >= 11 is 0. The second kappa shape index (κ2) is 3.67. The Balaban J connectivity index is 1.65. The lowest BCUT2D eigenvalue weighted by Gasteiger charge is -2.09. The van der Waals surface area contributed by atoms with Gasteiger partial charge in [-0.3, -0.25) is 0 Å². The Hall–Kier alpha value is -2.15. The number of aromatic nitrogens is 2. The van der Waals surface area contributed by atoms with E-state index in [9.17, 15) is 0 Å². The van der Waals surface area contributed by atoms with Gasteiger partial charge < -0.3 is 4.52 Å². The molecule has 0 radical (unpaired) electrons. The molecule has 0 aliphatic heterocycles. The molecule has 0 bridgehead atoms. The van der Waals surface area contributed by atoms with Crippen LogP contribution in [-0.4, -0.2) is 10.1 Å². The van der Waals surface area contributed by atoms with Gasteiger partial charge >= 0.3 is 0 Å². The minimum atomic E-state index is -0.0416. The topological polar surface area (TPSA) is 62.7 Å². The lowest BCUT2D eigenvalue weighted by Crippen LogP contribution is -2.10. The van der Waals surface area contributed by atoms with Gasteiger partial charge in [0.1, 0.15) is 0 Å². The molecule has 2 aliphatic rings. The maximum atomic E-state index is 8.85. The summed E-state index contributed by atoms with van der Waals surface area (Å²) in [7, 11) is 0. The summed E-state index contributed by atoms with van der Waals surface area (Å²) in [4.78, 5) is 4.55. The SMILES string of the molecule is N#CC1CC1c1nc(C2(c3ccccc3)CC2)no1. The van der Waals surface area contributed by atoms with Crippen LogP contribution in [0, 0.1) is 17.2 Å². The lowest BCUT2D eigenvalue weighted by molar-refractivity contribution is 0.369. The average Bonchev–Trinajstić information content (AvgIpc) is 3.38. The first-order valence-corrected chi connectivity index (χ1v) is 6.63. The summed E-state index contributed by atoms with van der Waals surface area (Å²) in [6, 6.07) is 12.6. The summed E-state index contributed by atoms with van der Waals surface area (Å²) in [5, 5.41) is 13.0. The molecule has 1 aromatic heterocycles. The van der Waals surface area contributed by atoms with Gasteiger partial charge in [-0.05, 0) is 24.8 Å². The van der Waals surface area contributed by atoms with E-state index in [0.717, 1.165) is 25.1 Å². The number of rotatable bonds is 3. The van der Waals surface area contributed by atoms with Gasteiger partial charge in [-0.25, -0.2) is 0 Å². The van der Waals surface area contributed by atoms with E-state index in [1.54, 1.807) is 0 Å². The fourth-order valence-corrected chi connectivity index (χ4v) is 2.71. The normalized spacial score (nSPS) is 26.7. The minimum Gasteiger partial charge on any atom is -0.339 e. The Morgan fingerprint density at radius 1 is 1.26 bits per heavy atom. The Morgan fingerprint density at radius 3 is 2.68 bits per heavy atom. The maximum Gasteiger partial charge on any atom is 0.231 e. The third-order valence-electron chi connectivity index (χ3n) is 4.22. The molecule has 2 aromatic rings. The van der Waals surface area contributed by atoms with Crippen LogP contribution in [0.15, 0.2) is 34.9 Å². The van der Waals surface area contributed by atoms with Crippen LogP contribution in [0.5, 0.6) is 0 Å². The van der Waals surface area contributed by atoms with Crippen molar-refractivity contribution in [2.75, 3.05) is 0 Å². The summed E-state index contributed by atoms with van der Waals surface area (Å²) in [6.45, 7) is 0. The zero-order chi connectivity index (χ0) is 12.9. The molecule has 1 heterocycles. The largest absolute Gasteiger partial charge is 0.339 e. The van der Waals surface area contributed by atoms with Crippen molar-refractivity contribution in [3.8, 4) is 6.07 Å². The number of nitrogens with zero attached hydrogens (tertiary/aromatic N) is 3.